The molecule has 4 rings (SSSR count). The smallest absolute Gasteiger partial charge is 0.308 e. The number of methoxy groups -OCH3 is 1. The number of likely N-dealkylation sites (tertiary alicyclic amines) is 1. The van der Waals surface area contributed by atoms with Gasteiger partial charge in [0.1, 0.15) is 17.0 Å². The number of ether oxygens (including phenoxy) is 1. The lowest BCUT2D eigenvalue weighted by Crippen LogP contribution is -2.36. The molecule has 3 aromatic rings. The molecule has 2 aromatic heterocycles. The fourth-order valence-electron chi connectivity index (χ4n) is 3.52. The fourth-order valence-corrected chi connectivity index (χ4v) is 3.52. The molecule has 8 heteroatoms. The Balaban J connectivity index is 1.48. The van der Waals surface area contributed by atoms with Crippen LogP contribution in [0.2, 0.25) is 0 Å². The summed E-state index contributed by atoms with van der Waals surface area (Å²) < 4.78 is 16.1. The van der Waals surface area contributed by atoms with Crippen molar-refractivity contribution in [1.29, 1.82) is 0 Å². The Kier molecular flexibility index (Phi) is 5.21. The van der Waals surface area contributed by atoms with E-state index in [0.717, 1.165) is 31.5 Å². The molecule has 0 atom stereocenters. The molecule has 0 N–H and O–H groups in total. The van der Waals surface area contributed by atoms with Gasteiger partial charge in [0.15, 0.2) is 0 Å². The number of nitrogens with zero attached hydrogens (tertiary/aromatic N) is 4. The first kappa shape index (κ1) is 18.4. The molecule has 28 heavy (non-hydrogen) atoms. The van der Waals surface area contributed by atoms with Crippen molar-refractivity contribution >= 4 is 5.97 Å². The van der Waals surface area contributed by atoms with Crippen LogP contribution in [0.15, 0.2) is 39.3 Å². The summed E-state index contributed by atoms with van der Waals surface area (Å²) in [6.45, 7) is 3.96. The second kappa shape index (κ2) is 7.93. The number of hydrogen-bond acceptors (Lipinski definition) is 8. The fraction of sp³-hybridized carbons (Fsp3) is 0.400. The van der Waals surface area contributed by atoms with Gasteiger partial charge in [0.05, 0.1) is 19.6 Å². The third-order valence-electron chi connectivity index (χ3n) is 5.07. The lowest BCUT2D eigenvalue weighted by molar-refractivity contribution is -0.147. The maximum atomic E-state index is 11.7. The zero-order chi connectivity index (χ0) is 19.5. The van der Waals surface area contributed by atoms with Crippen LogP contribution in [-0.2, 0) is 16.1 Å². The molecule has 0 aliphatic carbocycles. The number of hydrogen-bond donors (Lipinski definition) is 0. The zero-order valence-electron chi connectivity index (χ0n) is 15.9. The van der Waals surface area contributed by atoms with E-state index in [1.54, 1.807) is 0 Å². The van der Waals surface area contributed by atoms with E-state index in [-0.39, 0.29) is 11.9 Å². The number of esters is 1. The van der Waals surface area contributed by atoms with E-state index in [4.69, 9.17) is 13.7 Å². The highest BCUT2D eigenvalue weighted by atomic mass is 16.5. The van der Waals surface area contributed by atoms with Crippen molar-refractivity contribution in [2.24, 2.45) is 5.92 Å². The van der Waals surface area contributed by atoms with Gasteiger partial charge in [-0.25, -0.2) is 0 Å². The molecule has 8 nitrogen and oxygen atoms in total. The Labute approximate surface area is 162 Å². The predicted octanol–water partition coefficient (Wildman–Crippen LogP) is 3.09. The molecule has 0 amide bonds. The first-order chi connectivity index (χ1) is 13.7. The van der Waals surface area contributed by atoms with Crippen LogP contribution in [0.4, 0.5) is 0 Å². The molecular formula is C20H22N4O4. The average Bonchev–Trinajstić information content (AvgIpc) is 3.34. The number of carbonyl (C=O) groups is 1. The van der Waals surface area contributed by atoms with Crippen molar-refractivity contribution < 1.29 is 18.5 Å². The third kappa shape index (κ3) is 3.68. The van der Waals surface area contributed by atoms with Crippen molar-refractivity contribution in [3.8, 4) is 22.7 Å². The molecule has 1 aromatic carbocycles. The molecule has 3 heterocycles. The topological polar surface area (TPSA) is 94.5 Å². The van der Waals surface area contributed by atoms with Crippen LogP contribution in [0.1, 0.15) is 24.5 Å². The number of aryl methyl sites for hydroxylation is 1. The van der Waals surface area contributed by atoms with Gasteiger partial charge in [0.25, 0.3) is 5.89 Å². The maximum absolute atomic E-state index is 11.7. The van der Waals surface area contributed by atoms with Gasteiger partial charge in [-0.3, -0.25) is 9.69 Å². The highest BCUT2D eigenvalue weighted by Gasteiger charge is 2.27. The van der Waals surface area contributed by atoms with Gasteiger partial charge >= 0.3 is 5.97 Å². The molecular weight excluding hydrogens is 360 g/mol. The number of benzene rings is 1. The van der Waals surface area contributed by atoms with E-state index >= 15 is 0 Å². The summed E-state index contributed by atoms with van der Waals surface area (Å²) in [5, 5.41) is 12.6. The summed E-state index contributed by atoms with van der Waals surface area (Å²) in [6, 6.07) is 9.76. The first-order valence-corrected chi connectivity index (χ1v) is 9.30. The standard InChI is InChI=1S/C20H22N4O4/c1-13-17(18(23-28-13)14-6-4-3-5-7-14)19-22-21-16(27-19)12-24-10-8-15(9-11-24)20(25)26-2/h3-7,15H,8-12H2,1-2H3. The molecule has 1 aliphatic rings. The van der Waals surface area contributed by atoms with Gasteiger partial charge in [-0.15, -0.1) is 10.2 Å². The summed E-state index contributed by atoms with van der Waals surface area (Å²) in [4.78, 5) is 13.9. The minimum atomic E-state index is -0.129. The highest BCUT2D eigenvalue weighted by molar-refractivity contribution is 5.77. The molecule has 1 fully saturated rings. The molecule has 0 bridgehead atoms. The van der Waals surface area contributed by atoms with Crippen LogP contribution < -0.4 is 0 Å². The Hall–Kier alpha value is -3.00. The SMILES string of the molecule is COC(=O)C1CCN(Cc2nnc(-c3c(-c4ccccc4)noc3C)o2)CC1. The van der Waals surface area contributed by atoms with Gasteiger partial charge in [0, 0.05) is 5.56 Å². The molecule has 1 aliphatic heterocycles. The van der Waals surface area contributed by atoms with Crippen LogP contribution in [0.3, 0.4) is 0 Å². The van der Waals surface area contributed by atoms with Crippen LogP contribution in [0, 0.1) is 12.8 Å². The average molecular weight is 382 g/mol. The largest absolute Gasteiger partial charge is 0.469 e. The Morgan fingerprint density at radius 2 is 1.96 bits per heavy atom. The number of carbonyl (C=O) groups excluding carboxylic acids is 1. The van der Waals surface area contributed by atoms with Crippen LogP contribution in [0.25, 0.3) is 22.7 Å². The van der Waals surface area contributed by atoms with E-state index in [1.807, 2.05) is 37.3 Å². The molecule has 0 saturated carbocycles. The van der Waals surface area contributed by atoms with Crippen molar-refractivity contribution in [2.45, 2.75) is 26.3 Å². The van der Waals surface area contributed by atoms with E-state index in [0.29, 0.717) is 35.3 Å². The summed E-state index contributed by atoms with van der Waals surface area (Å²) in [5.41, 5.74) is 2.33. The van der Waals surface area contributed by atoms with Gasteiger partial charge in [0.2, 0.25) is 5.89 Å². The molecule has 0 radical (unpaired) electrons. The summed E-state index contributed by atoms with van der Waals surface area (Å²) >= 11 is 0. The van der Waals surface area contributed by atoms with Crippen LogP contribution >= 0.6 is 0 Å². The van der Waals surface area contributed by atoms with Gasteiger partial charge in [-0.1, -0.05) is 35.5 Å². The summed E-state index contributed by atoms with van der Waals surface area (Å²) in [6.07, 6.45) is 1.55. The minimum Gasteiger partial charge on any atom is -0.469 e. The predicted molar refractivity (Wildman–Crippen MR) is 100.0 cm³/mol. The summed E-state index contributed by atoms with van der Waals surface area (Å²) in [7, 11) is 1.44. The second-order valence-electron chi connectivity index (χ2n) is 6.90. The normalized spacial score (nSPS) is 15.6. The second-order valence-corrected chi connectivity index (χ2v) is 6.90. The minimum absolute atomic E-state index is 0.0208. The van der Waals surface area contributed by atoms with Gasteiger partial charge in [-0.05, 0) is 32.9 Å². The number of rotatable bonds is 5. The highest BCUT2D eigenvalue weighted by Crippen LogP contribution is 2.33. The Morgan fingerprint density at radius 1 is 1.21 bits per heavy atom. The monoisotopic (exact) mass is 382 g/mol. The van der Waals surface area contributed by atoms with E-state index in [9.17, 15) is 4.79 Å². The zero-order valence-corrected chi connectivity index (χ0v) is 15.9. The number of aromatic nitrogens is 3. The Morgan fingerprint density at radius 3 is 2.68 bits per heavy atom. The van der Waals surface area contributed by atoms with Crippen molar-refractivity contribution in [2.75, 3.05) is 20.2 Å². The third-order valence-corrected chi connectivity index (χ3v) is 5.07. The van der Waals surface area contributed by atoms with Crippen molar-refractivity contribution in [1.82, 2.24) is 20.3 Å². The molecule has 146 valence electrons. The van der Waals surface area contributed by atoms with Gasteiger partial charge in [-0.2, -0.15) is 0 Å². The van der Waals surface area contributed by atoms with Crippen LogP contribution in [0.5, 0.6) is 0 Å². The van der Waals surface area contributed by atoms with E-state index in [2.05, 4.69) is 20.3 Å². The number of piperidine rings is 1. The van der Waals surface area contributed by atoms with E-state index < -0.39 is 0 Å². The molecule has 1 saturated heterocycles. The lowest BCUT2D eigenvalue weighted by atomic mass is 9.97. The quantitative estimate of drug-likeness (QED) is 0.621. The summed E-state index contributed by atoms with van der Waals surface area (Å²) in [5.74, 6) is 1.42. The lowest BCUT2D eigenvalue weighted by Gasteiger charge is -2.29. The van der Waals surface area contributed by atoms with Crippen LogP contribution in [-0.4, -0.2) is 46.4 Å². The van der Waals surface area contributed by atoms with E-state index in [1.165, 1.54) is 7.11 Å². The molecule has 0 spiro atoms. The maximum Gasteiger partial charge on any atom is 0.308 e. The molecule has 0 unspecified atom stereocenters. The first-order valence-electron chi connectivity index (χ1n) is 9.30. The van der Waals surface area contributed by atoms with Gasteiger partial charge < -0.3 is 13.7 Å². The van der Waals surface area contributed by atoms with Crippen molar-refractivity contribution in [3.63, 3.8) is 0 Å². The Bertz CT molecular complexity index is 942. The van der Waals surface area contributed by atoms with Crippen molar-refractivity contribution in [3.05, 3.63) is 42.0 Å².